The molecule has 0 aliphatic rings. The predicted molar refractivity (Wildman–Crippen MR) is 86.7 cm³/mol. The fourth-order valence-corrected chi connectivity index (χ4v) is 3.64. The van der Waals surface area contributed by atoms with Gasteiger partial charge >= 0.3 is 0 Å². The Kier molecular flexibility index (Phi) is 5.42. The van der Waals surface area contributed by atoms with Crippen LogP contribution in [0.2, 0.25) is 5.02 Å². The summed E-state index contributed by atoms with van der Waals surface area (Å²) in [5.74, 6) is 0. The van der Waals surface area contributed by atoms with Crippen molar-refractivity contribution in [3.63, 3.8) is 0 Å². The first-order chi connectivity index (χ1) is 9.11. The SMILES string of the molecule is CN(Cc1cccs1)C(CN)c1ccc(Br)cc1Cl. The van der Waals surface area contributed by atoms with Crippen LogP contribution in [0.25, 0.3) is 0 Å². The lowest BCUT2D eigenvalue weighted by atomic mass is 10.1. The smallest absolute Gasteiger partial charge is 0.0486 e. The van der Waals surface area contributed by atoms with Crippen molar-refractivity contribution in [3.8, 4) is 0 Å². The Labute approximate surface area is 131 Å². The van der Waals surface area contributed by atoms with E-state index >= 15 is 0 Å². The molecule has 1 atom stereocenters. The number of thiophene rings is 1. The Morgan fingerprint density at radius 2 is 2.21 bits per heavy atom. The molecule has 1 unspecified atom stereocenters. The molecule has 2 N–H and O–H groups in total. The second kappa shape index (κ2) is 6.86. The van der Waals surface area contributed by atoms with Crippen molar-refractivity contribution < 1.29 is 0 Å². The fourth-order valence-electron chi connectivity index (χ4n) is 2.07. The second-order valence-corrected chi connectivity index (χ2v) is 6.77. The zero-order valence-corrected chi connectivity index (χ0v) is 13.8. The molecule has 2 rings (SSSR count). The average Bonchev–Trinajstić information content (AvgIpc) is 2.85. The fraction of sp³-hybridized carbons (Fsp3) is 0.286. The van der Waals surface area contributed by atoms with E-state index in [2.05, 4.69) is 45.4 Å². The molecule has 0 bridgehead atoms. The maximum atomic E-state index is 6.32. The van der Waals surface area contributed by atoms with Crippen molar-refractivity contribution in [2.24, 2.45) is 5.73 Å². The summed E-state index contributed by atoms with van der Waals surface area (Å²) in [4.78, 5) is 3.57. The van der Waals surface area contributed by atoms with E-state index in [4.69, 9.17) is 17.3 Å². The van der Waals surface area contributed by atoms with Crippen LogP contribution in [0, 0.1) is 0 Å². The molecule has 19 heavy (non-hydrogen) atoms. The molecule has 0 aliphatic carbocycles. The van der Waals surface area contributed by atoms with E-state index in [1.807, 2.05) is 18.2 Å². The van der Waals surface area contributed by atoms with Gasteiger partial charge in [-0.05, 0) is 36.2 Å². The largest absolute Gasteiger partial charge is 0.329 e. The van der Waals surface area contributed by atoms with Gasteiger partial charge in [-0.2, -0.15) is 0 Å². The number of nitrogens with two attached hydrogens (primary N) is 1. The number of halogens is 2. The molecular weight excluding hydrogens is 344 g/mol. The van der Waals surface area contributed by atoms with Crippen molar-refractivity contribution >= 4 is 38.9 Å². The zero-order chi connectivity index (χ0) is 13.8. The third kappa shape index (κ3) is 3.80. The summed E-state index contributed by atoms with van der Waals surface area (Å²) in [6.07, 6.45) is 0. The van der Waals surface area contributed by atoms with Gasteiger partial charge < -0.3 is 5.73 Å². The van der Waals surface area contributed by atoms with E-state index in [0.29, 0.717) is 6.54 Å². The molecule has 0 aliphatic heterocycles. The number of likely N-dealkylation sites (N-methyl/N-ethyl adjacent to an activating group) is 1. The van der Waals surface area contributed by atoms with E-state index in [1.54, 1.807) is 11.3 Å². The minimum atomic E-state index is 0.127. The van der Waals surface area contributed by atoms with Gasteiger partial charge in [0.2, 0.25) is 0 Å². The molecule has 2 aromatic rings. The molecule has 2 nitrogen and oxygen atoms in total. The molecule has 102 valence electrons. The van der Waals surface area contributed by atoms with Crippen LogP contribution in [-0.4, -0.2) is 18.5 Å². The first kappa shape index (κ1) is 15.0. The molecular formula is C14H16BrClN2S. The third-order valence-electron chi connectivity index (χ3n) is 3.06. The van der Waals surface area contributed by atoms with Crippen molar-refractivity contribution in [2.45, 2.75) is 12.6 Å². The predicted octanol–water partition coefficient (Wildman–Crippen LogP) is 4.30. The summed E-state index contributed by atoms with van der Waals surface area (Å²) >= 11 is 11.5. The van der Waals surface area contributed by atoms with E-state index in [0.717, 1.165) is 21.6 Å². The third-order valence-corrected chi connectivity index (χ3v) is 4.74. The zero-order valence-electron chi connectivity index (χ0n) is 10.6. The van der Waals surface area contributed by atoms with E-state index in [1.165, 1.54) is 4.88 Å². The topological polar surface area (TPSA) is 29.3 Å². The number of benzene rings is 1. The second-order valence-electron chi connectivity index (χ2n) is 4.41. The number of rotatable bonds is 5. The van der Waals surface area contributed by atoms with E-state index < -0.39 is 0 Å². The highest BCUT2D eigenvalue weighted by molar-refractivity contribution is 9.10. The molecule has 1 heterocycles. The maximum absolute atomic E-state index is 6.32. The van der Waals surface area contributed by atoms with Crippen LogP contribution in [0.5, 0.6) is 0 Å². The Hall–Kier alpha value is -0.390. The molecule has 1 aromatic carbocycles. The summed E-state index contributed by atoms with van der Waals surface area (Å²) in [5, 5.41) is 2.84. The molecule has 5 heteroatoms. The summed E-state index contributed by atoms with van der Waals surface area (Å²) in [5.41, 5.74) is 7.01. The Balaban J connectivity index is 2.18. The van der Waals surface area contributed by atoms with Gasteiger partial charge in [0.15, 0.2) is 0 Å². The van der Waals surface area contributed by atoms with Gasteiger partial charge in [0.05, 0.1) is 0 Å². The highest BCUT2D eigenvalue weighted by Crippen LogP contribution is 2.30. The average molecular weight is 360 g/mol. The molecule has 0 radical (unpaired) electrons. The van der Waals surface area contributed by atoms with Gasteiger partial charge in [-0.15, -0.1) is 11.3 Å². The van der Waals surface area contributed by atoms with Crippen LogP contribution in [-0.2, 0) is 6.54 Å². The van der Waals surface area contributed by atoms with Crippen LogP contribution in [0.1, 0.15) is 16.5 Å². The molecule has 0 saturated carbocycles. The molecule has 0 fully saturated rings. The Morgan fingerprint density at radius 3 is 2.79 bits per heavy atom. The van der Waals surface area contributed by atoms with Gasteiger partial charge in [0.1, 0.15) is 0 Å². The van der Waals surface area contributed by atoms with Gasteiger partial charge in [-0.1, -0.05) is 39.7 Å². The van der Waals surface area contributed by atoms with Crippen LogP contribution >= 0.6 is 38.9 Å². The summed E-state index contributed by atoms with van der Waals surface area (Å²) in [6.45, 7) is 1.43. The van der Waals surface area contributed by atoms with E-state index in [9.17, 15) is 0 Å². The highest BCUT2D eigenvalue weighted by Gasteiger charge is 2.18. The highest BCUT2D eigenvalue weighted by atomic mass is 79.9. The van der Waals surface area contributed by atoms with Crippen LogP contribution in [0.4, 0.5) is 0 Å². The van der Waals surface area contributed by atoms with Gasteiger partial charge in [0, 0.05) is 33.5 Å². The van der Waals surface area contributed by atoms with Gasteiger partial charge in [-0.3, -0.25) is 4.90 Å². The lowest BCUT2D eigenvalue weighted by molar-refractivity contribution is 0.244. The first-order valence-corrected chi connectivity index (χ1v) is 8.04. The standard InChI is InChI=1S/C14H16BrClN2S/c1-18(9-11-3-2-6-19-11)14(8-17)12-5-4-10(15)7-13(12)16/h2-7,14H,8-9,17H2,1H3. The molecule has 0 amide bonds. The minimum Gasteiger partial charge on any atom is -0.329 e. The molecule has 1 aromatic heterocycles. The van der Waals surface area contributed by atoms with Crippen LogP contribution in [0.15, 0.2) is 40.2 Å². The Morgan fingerprint density at radius 1 is 1.42 bits per heavy atom. The summed E-state index contributed by atoms with van der Waals surface area (Å²) in [7, 11) is 2.08. The van der Waals surface area contributed by atoms with Crippen LogP contribution < -0.4 is 5.73 Å². The number of hydrogen-bond acceptors (Lipinski definition) is 3. The quantitative estimate of drug-likeness (QED) is 0.862. The Bertz CT molecular complexity index is 530. The summed E-state index contributed by atoms with van der Waals surface area (Å²) in [6, 6.07) is 10.3. The molecule has 0 spiro atoms. The number of nitrogens with zero attached hydrogens (tertiary/aromatic N) is 1. The summed E-state index contributed by atoms with van der Waals surface area (Å²) < 4.78 is 0.984. The lowest BCUT2D eigenvalue weighted by Gasteiger charge is -2.27. The molecule has 0 saturated heterocycles. The van der Waals surface area contributed by atoms with Crippen molar-refractivity contribution in [3.05, 3.63) is 55.6 Å². The van der Waals surface area contributed by atoms with E-state index in [-0.39, 0.29) is 6.04 Å². The lowest BCUT2D eigenvalue weighted by Crippen LogP contribution is -2.30. The van der Waals surface area contributed by atoms with Crippen molar-refractivity contribution in [2.75, 3.05) is 13.6 Å². The first-order valence-electron chi connectivity index (χ1n) is 5.99. The van der Waals surface area contributed by atoms with Gasteiger partial charge in [0.25, 0.3) is 0 Å². The van der Waals surface area contributed by atoms with Crippen LogP contribution in [0.3, 0.4) is 0 Å². The maximum Gasteiger partial charge on any atom is 0.0486 e. The van der Waals surface area contributed by atoms with Crippen molar-refractivity contribution in [1.29, 1.82) is 0 Å². The number of hydrogen-bond donors (Lipinski definition) is 1. The van der Waals surface area contributed by atoms with Gasteiger partial charge in [-0.25, -0.2) is 0 Å². The van der Waals surface area contributed by atoms with Crippen molar-refractivity contribution in [1.82, 2.24) is 4.90 Å². The minimum absolute atomic E-state index is 0.127. The normalized spacial score (nSPS) is 12.9. The monoisotopic (exact) mass is 358 g/mol.